The molecule has 48 heavy (non-hydrogen) atoms. The number of rotatable bonds is 13. The Labute approximate surface area is 275 Å². The minimum Gasteiger partial charge on any atom is -0.475 e. The molecule has 2 rings (SSSR count). The van der Waals surface area contributed by atoms with Gasteiger partial charge in [0, 0.05) is 38.8 Å². The van der Waals surface area contributed by atoms with E-state index in [1.54, 1.807) is 62.6 Å². The van der Waals surface area contributed by atoms with Gasteiger partial charge in [0.05, 0.1) is 0 Å². The van der Waals surface area contributed by atoms with Gasteiger partial charge in [-0.2, -0.15) is 13.2 Å². The Bertz CT molecular complexity index is 1480. The number of unbranched alkanes of at least 4 members (excludes halogenated alkanes) is 1. The van der Waals surface area contributed by atoms with Crippen molar-refractivity contribution in [2.75, 3.05) is 21.1 Å². The minimum atomic E-state index is -5.08. The van der Waals surface area contributed by atoms with Crippen molar-refractivity contribution in [3.8, 4) is 0 Å². The molecule has 2 aromatic carbocycles. The third kappa shape index (κ3) is 13.1. The fourth-order valence-electron chi connectivity index (χ4n) is 4.08. The molecule has 0 bridgehead atoms. The Morgan fingerprint density at radius 1 is 0.896 bits per heavy atom. The van der Waals surface area contributed by atoms with Crippen molar-refractivity contribution >= 4 is 41.4 Å². The minimum absolute atomic E-state index is 0.0748. The third-order valence-corrected chi connectivity index (χ3v) is 6.78. The molecule has 0 fully saturated rings. The molecule has 0 spiro atoms. The van der Waals surface area contributed by atoms with Crippen LogP contribution in [-0.2, 0) is 32.1 Å². The van der Waals surface area contributed by atoms with Crippen molar-refractivity contribution in [1.29, 1.82) is 10.8 Å². The number of alkyl halides is 3. The zero-order chi connectivity index (χ0) is 36.8. The summed E-state index contributed by atoms with van der Waals surface area (Å²) in [5.41, 5.74) is 13.5. The van der Waals surface area contributed by atoms with Gasteiger partial charge >= 0.3 is 18.2 Å². The average molecular weight is 679 g/mol. The first kappa shape index (κ1) is 40.5. The Balaban J connectivity index is 0.00000148. The lowest BCUT2D eigenvalue weighted by molar-refractivity contribution is -0.192. The number of nitrogens with two attached hydrogens (primary N) is 2. The van der Waals surface area contributed by atoms with Crippen molar-refractivity contribution < 1.29 is 42.3 Å². The van der Waals surface area contributed by atoms with Gasteiger partial charge in [0.1, 0.15) is 23.6 Å². The monoisotopic (exact) mass is 678 g/mol. The second-order valence-corrected chi connectivity index (χ2v) is 10.8. The van der Waals surface area contributed by atoms with Gasteiger partial charge < -0.3 is 32.1 Å². The van der Waals surface area contributed by atoms with E-state index < -0.39 is 47.9 Å². The maximum Gasteiger partial charge on any atom is 0.490 e. The summed E-state index contributed by atoms with van der Waals surface area (Å²) in [6.45, 7) is 2.05. The fourth-order valence-corrected chi connectivity index (χ4v) is 4.08. The van der Waals surface area contributed by atoms with E-state index in [9.17, 15) is 32.3 Å². The van der Waals surface area contributed by atoms with Crippen LogP contribution in [0.25, 0.3) is 0 Å². The second kappa shape index (κ2) is 18.6. The smallest absolute Gasteiger partial charge is 0.475 e. The number of nitrogen functional groups attached to an aromatic ring is 2. The summed E-state index contributed by atoms with van der Waals surface area (Å²) in [4.78, 5) is 63.7. The van der Waals surface area contributed by atoms with Gasteiger partial charge in [0.2, 0.25) is 11.8 Å². The molecule has 14 nitrogen and oxygen atoms in total. The molecule has 17 heteroatoms. The molecular formula is C31H41F3N8O6. The van der Waals surface area contributed by atoms with Crippen LogP contribution in [-0.4, -0.2) is 89.7 Å². The molecule has 0 radical (unpaired) electrons. The van der Waals surface area contributed by atoms with Gasteiger partial charge in [-0.15, -0.1) is 0 Å². The molecule has 0 saturated carbocycles. The molecule has 9 N–H and O–H groups in total. The number of likely N-dealkylation sites (N-methyl/N-ethyl adjacent to an activating group) is 1. The van der Waals surface area contributed by atoms with Crippen molar-refractivity contribution in [2.24, 2.45) is 17.4 Å². The molecule has 1 unspecified atom stereocenters. The van der Waals surface area contributed by atoms with Gasteiger partial charge in [0.25, 0.3) is 5.91 Å². The number of halogens is 3. The highest BCUT2D eigenvalue weighted by molar-refractivity contribution is 6.03. The fraction of sp³-hybridized carbons (Fsp3) is 0.387. The Morgan fingerprint density at radius 2 is 1.46 bits per heavy atom. The Hall–Kier alpha value is -5.48. The maximum absolute atomic E-state index is 13.4. The molecular weight excluding hydrogens is 637 g/mol. The van der Waals surface area contributed by atoms with Crippen LogP contribution in [0.15, 0.2) is 48.5 Å². The Morgan fingerprint density at radius 3 is 1.94 bits per heavy atom. The molecule has 262 valence electrons. The number of imide groups is 1. The predicted octanol–water partition coefficient (Wildman–Crippen LogP) is 2.18. The van der Waals surface area contributed by atoms with Crippen LogP contribution in [0, 0.1) is 16.7 Å². The van der Waals surface area contributed by atoms with E-state index in [0.717, 1.165) is 11.3 Å². The van der Waals surface area contributed by atoms with Gasteiger partial charge in [-0.25, -0.2) is 9.59 Å². The summed E-state index contributed by atoms with van der Waals surface area (Å²) in [5, 5.41) is 27.6. The second-order valence-electron chi connectivity index (χ2n) is 10.8. The largest absolute Gasteiger partial charge is 0.490 e. The van der Waals surface area contributed by atoms with Crippen LogP contribution in [0.4, 0.5) is 18.0 Å². The number of hydrogen-bond acceptors (Lipinski definition) is 7. The summed E-state index contributed by atoms with van der Waals surface area (Å²) in [6, 6.07) is 11.8. The number of benzene rings is 2. The summed E-state index contributed by atoms with van der Waals surface area (Å²) in [6.07, 6.45) is -3.35. The average Bonchev–Trinajstić information content (AvgIpc) is 3.03. The van der Waals surface area contributed by atoms with E-state index in [1.165, 1.54) is 11.9 Å². The molecule has 5 amide bonds. The number of amidine groups is 2. The standard InChI is InChI=1S/C29H40N8O4.C2HF3O2/c1-5-6-10-23(28(40)37(4)29(41)34-17-19-8-7-9-21(15-19)25(32)33)35-26(38)22(27(39)36(2)3)16-18-11-13-20(14-12-18)24(30)31;3-2(4,5)1(6)7/h7-9,11-15,22-23H,5-6,10,16-17H2,1-4H3,(H3,30,31)(H3,32,33)(H,34,41)(H,35,38);(H,6,7)/t22?,23-;/m0./s1. The van der Waals surface area contributed by atoms with Gasteiger partial charge in [-0.05, 0) is 30.0 Å². The van der Waals surface area contributed by atoms with Crippen molar-refractivity contribution in [3.05, 3.63) is 70.8 Å². The van der Waals surface area contributed by atoms with Gasteiger partial charge in [-0.1, -0.05) is 62.2 Å². The topological polar surface area (TPSA) is 236 Å². The lowest BCUT2D eigenvalue weighted by Gasteiger charge is -2.26. The molecule has 0 saturated heterocycles. The molecule has 0 aliphatic carbocycles. The van der Waals surface area contributed by atoms with Gasteiger partial charge in [-0.3, -0.25) is 30.1 Å². The van der Waals surface area contributed by atoms with Crippen molar-refractivity contribution in [3.63, 3.8) is 0 Å². The van der Waals surface area contributed by atoms with Crippen molar-refractivity contribution in [2.45, 2.75) is 51.4 Å². The first-order valence-corrected chi connectivity index (χ1v) is 14.5. The number of carbonyl (C=O) groups excluding carboxylic acids is 4. The zero-order valence-electron chi connectivity index (χ0n) is 27.0. The predicted molar refractivity (Wildman–Crippen MR) is 171 cm³/mol. The number of carboxylic acid groups (broad SMARTS) is 1. The summed E-state index contributed by atoms with van der Waals surface area (Å²) in [7, 11) is 4.42. The highest BCUT2D eigenvalue weighted by Gasteiger charge is 2.38. The number of carboxylic acids is 1. The van der Waals surface area contributed by atoms with Crippen molar-refractivity contribution in [1.82, 2.24) is 20.4 Å². The van der Waals surface area contributed by atoms with E-state index >= 15 is 0 Å². The Kier molecular flexibility index (Phi) is 15.7. The summed E-state index contributed by atoms with van der Waals surface area (Å²) >= 11 is 0. The molecule has 0 heterocycles. The SMILES string of the molecule is CCCC[C@H](NC(=O)C(Cc1ccc(C(=N)N)cc1)C(=O)N(C)C)C(=O)N(C)C(=O)NCc1cccc(C(=N)N)c1.O=C(O)C(F)(F)F. The highest BCUT2D eigenvalue weighted by Crippen LogP contribution is 2.15. The number of nitrogens with zero attached hydrogens (tertiary/aromatic N) is 2. The van der Waals surface area contributed by atoms with Crippen LogP contribution in [0.5, 0.6) is 0 Å². The van der Waals surface area contributed by atoms with Gasteiger partial charge in [0.15, 0.2) is 0 Å². The number of urea groups is 1. The van der Waals surface area contributed by atoms with E-state index in [-0.39, 0.29) is 31.1 Å². The summed E-state index contributed by atoms with van der Waals surface area (Å²) in [5.74, 6) is -5.72. The number of amides is 5. The normalized spacial score (nSPS) is 11.9. The lowest BCUT2D eigenvalue weighted by atomic mass is 9.95. The molecule has 2 atom stereocenters. The lowest BCUT2D eigenvalue weighted by Crippen LogP contribution is -2.53. The van der Waals surface area contributed by atoms with E-state index in [4.69, 9.17) is 32.2 Å². The van der Waals surface area contributed by atoms with E-state index in [0.29, 0.717) is 28.7 Å². The molecule has 0 aliphatic rings. The molecule has 0 aromatic heterocycles. The van der Waals surface area contributed by atoms with Crippen LogP contribution in [0.1, 0.15) is 48.4 Å². The van der Waals surface area contributed by atoms with E-state index in [2.05, 4.69) is 10.6 Å². The third-order valence-electron chi connectivity index (χ3n) is 6.78. The van der Waals surface area contributed by atoms with Crippen LogP contribution < -0.4 is 22.1 Å². The number of nitrogens with one attached hydrogen (secondary N) is 4. The number of carbonyl (C=O) groups is 5. The first-order valence-electron chi connectivity index (χ1n) is 14.5. The number of hydrogen-bond donors (Lipinski definition) is 7. The van der Waals surface area contributed by atoms with Crippen LogP contribution >= 0.6 is 0 Å². The summed E-state index contributed by atoms with van der Waals surface area (Å²) < 4.78 is 31.7. The number of aliphatic carboxylic acids is 1. The highest BCUT2D eigenvalue weighted by atomic mass is 19.4. The molecule has 0 aliphatic heterocycles. The molecule has 2 aromatic rings. The van der Waals surface area contributed by atoms with Crippen LogP contribution in [0.3, 0.4) is 0 Å². The van der Waals surface area contributed by atoms with E-state index in [1.807, 2.05) is 6.92 Å². The maximum atomic E-state index is 13.4. The van der Waals surface area contributed by atoms with Crippen LogP contribution in [0.2, 0.25) is 0 Å². The quantitative estimate of drug-likeness (QED) is 0.0940. The first-order chi connectivity index (χ1) is 22.3. The zero-order valence-corrected chi connectivity index (χ0v) is 27.0.